The third-order valence-electron chi connectivity index (χ3n) is 2.31. The monoisotopic (exact) mass is 300 g/mol. The highest BCUT2D eigenvalue weighted by Gasteiger charge is 2.20. The number of carboxylic acids is 2. The maximum absolute atomic E-state index is 11.9. The van der Waals surface area contributed by atoms with Crippen molar-refractivity contribution in [1.29, 1.82) is 0 Å². The smallest absolute Gasteiger partial charge is 0.323 e. The van der Waals surface area contributed by atoms with Gasteiger partial charge >= 0.3 is 18.0 Å². The fourth-order valence-electron chi connectivity index (χ4n) is 1.44. The second-order valence-corrected chi connectivity index (χ2v) is 4.46. The van der Waals surface area contributed by atoms with E-state index in [0.29, 0.717) is 4.90 Å². The first kappa shape index (κ1) is 15.8. The zero-order chi connectivity index (χ0) is 15.3. The molecule has 0 unspecified atom stereocenters. The normalized spacial score (nSPS) is 9.90. The number of nitrogens with zero attached hydrogens (tertiary/aromatic N) is 1. The second-order valence-electron chi connectivity index (χ2n) is 4.06. The zero-order valence-electron chi connectivity index (χ0n) is 10.6. The summed E-state index contributed by atoms with van der Waals surface area (Å²) in [5.74, 6) is -2.62. The molecule has 20 heavy (non-hydrogen) atoms. The van der Waals surface area contributed by atoms with Crippen LogP contribution >= 0.6 is 11.6 Å². The van der Waals surface area contributed by atoms with E-state index in [1.165, 1.54) is 0 Å². The standard InChI is InChI=1S/C12H13ClN2O5/c1-7-2-3-9(8(13)4-7)14-12(20)15(5-10(16)17)6-11(18)19/h2-4H,5-6H2,1H3,(H,14,20)(H,16,17)(H,18,19). The van der Waals surface area contributed by atoms with Crippen molar-refractivity contribution in [2.75, 3.05) is 18.4 Å². The van der Waals surface area contributed by atoms with E-state index in [1.54, 1.807) is 18.2 Å². The third kappa shape index (κ3) is 4.77. The average molecular weight is 301 g/mol. The maximum atomic E-state index is 11.9. The van der Waals surface area contributed by atoms with Crippen LogP contribution in [0.1, 0.15) is 5.56 Å². The number of urea groups is 1. The number of carboxylic acid groups (broad SMARTS) is 2. The summed E-state index contributed by atoms with van der Waals surface area (Å²) in [6, 6.07) is 4.03. The maximum Gasteiger partial charge on any atom is 0.323 e. The lowest BCUT2D eigenvalue weighted by atomic mass is 10.2. The Kier molecular flexibility index (Phi) is 5.33. The van der Waals surface area contributed by atoms with Crippen LogP contribution in [0.4, 0.5) is 10.5 Å². The SMILES string of the molecule is Cc1ccc(NC(=O)N(CC(=O)O)CC(=O)O)c(Cl)c1. The van der Waals surface area contributed by atoms with Crippen molar-refractivity contribution >= 4 is 35.3 Å². The predicted molar refractivity (Wildman–Crippen MR) is 72.1 cm³/mol. The molecule has 8 heteroatoms. The quantitative estimate of drug-likeness (QED) is 0.766. The lowest BCUT2D eigenvalue weighted by Crippen LogP contribution is -2.42. The van der Waals surface area contributed by atoms with E-state index >= 15 is 0 Å². The Morgan fingerprint density at radius 1 is 1.20 bits per heavy atom. The molecule has 0 aliphatic rings. The molecular formula is C12H13ClN2O5. The molecule has 0 saturated carbocycles. The molecule has 0 spiro atoms. The molecule has 0 fully saturated rings. The van der Waals surface area contributed by atoms with Gasteiger partial charge in [-0.25, -0.2) is 4.79 Å². The molecule has 1 aromatic carbocycles. The second kappa shape index (κ2) is 6.76. The van der Waals surface area contributed by atoms with Crippen LogP contribution in [0.3, 0.4) is 0 Å². The van der Waals surface area contributed by atoms with Gasteiger partial charge in [0.25, 0.3) is 0 Å². The lowest BCUT2D eigenvalue weighted by Gasteiger charge is -2.19. The minimum atomic E-state index is -1.31. The van der Waals surface area contributed by atoms with E-state index in [9.17, 15) is 14.4 Å². The molecule has 0 aliphatic carbocycles. The summed E-state index contributed by atoms with van der Waals surface area (Å²) in [4.78, 5) is 33.7. The van der Waals surface area contributed by atoms with Gasteiger partial charge in [-0.15, -0.1) is 0 Å². The molecule has 0 aliphatic heterocycles. The van der Waals surface area contributed by atoms with E-state index < -0.39 is 31.1 Å². The molecule has 0 bridgehead atoms. The molecule has 0 saturated heterocycles. The van der Waals surface area contributed by atoms with Gasteiger partial charge in [0.1, 0.15) is 13.1 Å². The molecule has 0 aromatic heterocycles. The Balaban J connectivity index is 2.84. The predicted octanol–water partition coefficient (Wildman–Crippen LogP) is 1.65. The molecule has 0 radical (unpaired) electrons. The number of benzene rings is 1. The van der Waals surface area contributed by atoms with Crippen LogP contribution < -0.4 is 5.32 Å². The number of aryl methyl sites for hydroxylation is 1. The Hall–Kier alpha value is -2.28. The zero-order valence-corrected chi connectivity index (χ0v) is 11.3. The van der Waals surface area contributed by atoms with Gasteiger partial charge in [0.2, 0.25) is 0 Å². The van der Waals surface area contributed by atoms with Gasteiger partial charge in [0.15, 0.2) is 0 Å². The van der Waals surface area contributed by atoms with Gasteiger partial charge in [0.05, 0.1) is 10.7 Å². The van der Waals surface area contributed by atoms with E-state index in [2.05, 4.69) is 5.32 Å². The number of hydrogen-bond acceptors (Lipinski definition) is 3. The summed E-state index contributed by atoms with van der Waals surface area (Å²) in [6.45, 7) is 0.377. The Morgan fingerprint density at radius 3 is 2.20 bits per heavy atom. The number of carbonyl (C=O) groups is 3. The number of amides is 2. The minimum absolute atomic E-state index is 0.281. The van der Waals surface area contributed by atoms with Crippen LogP contribution in [0.5, 0.6) is 0 Å². The number of carbonyl (C=O) groups excluding carboxylic acids is 1. The molecule has 2 amide bonds. The average Bonchev–Trinajstić information content (AvgIpc) is 2.30. The summed E-state index contributed by atoms with van der Waals surface area (Å²) in [5.41, 5.74) is 1.17. The Labute approximate surface area is 119 Å². The van der Waals surface area contributed by atoms with Gasteiger partial charge in [-0.1, -0.05) is 17.7 Å². The Bertz CT molecular complexity index is 531. The van der Waals surface area contributed by atoms with Crippen molar-refractivity contribution in [3.05, 3.63) is 28.8 Å². The van der Waals surface area contributed by atoms with Crippen LogP contribution in [-0.4, -0.2) is 46.2 Å². The summed E-state index contributed by atoms with van der Waals surface area (Å²) >= 11 is 5.92. The van der Waals surface area contributed by atoms with E-state index in [0.717, 1.165) is 5.56 Å². The van der Waals surface area contributed by atoms with Crippen LogP contribution in [0.15, 0.2) is 18.2 Å². The highest BCUT2D eigenvalue weighted by Crippen LogP contribution is 2.22. The third-order valence-corrected chi connectivity index (χ3v) is 2.62. The van der Waals surface area contributed by atoms with E-state index in [1.807, 2.05) is 6.92 Å². The van der Waals surface area contributed by atoms with Gasteiger partial charge < -0.3 is 20.4 Å². The van der Waals surface area contributed by atoms with Crippen molar-refractivity contribution in [1.82, 2.24) is 4.90 Å². The highest BCUT2D eigenvalue weighted by molar-refractivity contribution is 6.33. The fraction of sp³-hybridized carbons (Fsp3) is 0.250. The first-order valence-corrected chi connectivity index (χ1v) is 5.93. The molecule has 0 atom stereocenters. The van der Waals surface area contributed by atoms with Crippen molar-refractivity contribution in [2.45, 2.75) is 6.92 Å². The molecule has 1 rings (SSSR count). The molecule has 3 N–H and O–H groups in total. The highest BCUT2D eigenvalue weighted by atomic mass is 35.5. The van der Waals surface area contributed by atoms with Gasteiger partial charge in [0, 0.05) is 0 Å². The van der Waals surface area contributed by atoms with Gasteiger partial charge in [-0.2, -0.15) is 0 Å². The van der Waals surface area contributed by atoms with Gasteiger partial charge in [-0.3, -0.25) is 9.59 Å². The first-order valence-electron chi connectivity index (χ1n) is 5.55. The molecule has 0 heterocycles. The van der Waals surface area contributed by atoms with Crippen molar-refractivity contribution < 1.29 is 24.6 Å². The van der Waals surface area contributed by atoms with Crippen molar-refractivity contribution in [2.24, 2.45) is 0 Å². The van der Waals surface area contributed by atoms with E-state index in [4.69, 9.17) is 21.8 Å². The van der Waals surface area contributed by atoms with Crippen molar-refractivity contribution in [3.8, 4) is 0 Å². The van der Waals surface area contributed by atoms with Crippen LogP contribution in [0.2, 0.25) is 5.02 Å². The summed E-state index contributed by atoms with van der Waals surface area (Å²) in [5, 5.41) is 20.0. The van der Waals surface area contributed by atoms with Crippen LogP contribution in [-0.2, 0) is 9.59 Å². The van der Waals surface area contributed by atoms with Crippen LogP contribution in [0.25, 0.3) is 0 Å². The van der Waals surface area contributed by atoms with Gasteiger partial charge in [-0.05, 0) is 24.6 Å². The lowest BCUT2D eigenvalue weighted by molar-refractivity contribution is -0.140. The summed E-state index contributed by atoms with van der Waals surface area (Å²) < 4.78 is 0. The van der Waals surface area contributed by atoms with Crippen molar-refractivity contribution in [3.63, 3.8) is 0 Å². The minimum Gasteiger partial charge on any atom is -0.480 e. The number of halogens is 1. The molecule has 108 valence electrons. The molecule has 7 nitrogen and oxygen atoms in total. The first-order chi connectivity index (χ1) is 9.29. The molecule has 1 aromatic rings. The summed E-state index contributed by atoms with van der Waals surface area (Å²) in [7, 11) is 0. The summed E-state index contributed by atoms with van der Waals surface area (Å²) in [6.07, 6.45) is 0. The fourth-order valence-corrected chi connectivity index (χ4v) is 1.72. The number of nitrogens with one attached hydrogen (secondary N) is 1. The Morgan fingerprint density at radius 2 is 1.75 bits per heavy atom. The number of rotatable bonds is 5. The molecular weight excluding hydrogens is 288 g/mol. The largest absolute Gasteiger partial charge is 0.480 e. The van der Waals surface area contributed by atoms with Crippen LogP contribution in [0, 0.1) is 6.92 Å². The number of aliphatic carboxylic acids is 2. The number of anilines is 1. The van der Waals surface area contributed by atoms with E-state index in [-0.39, 0.29) is 10.7 Å². The number of hydrogen-bond donors (Lipinski definition) is 3. The topological polar surface area (TPSA) is 107 Å².